The number of hydrogen-bond acceptors (Lipinski definition) is 7. The molecule has 0 amide bonds. The van der Waals surface area contributed by atoms with Gasteiger partial charge in [0.2, 0.25) is 16.0 Å². The number of nitrogen functional groups attached to an aromatic ring is 1. The van der Waals surface area contributed by atoms with E-state index in [0.29, 0.717) is 19.1 Å². The first-order chi connectivity index (χ1) is 10.0. The average molecular weight is 315 g/mol. The minimum absolute atomic E-state index is 0.0579. The van der Waals surface area contributed by atoms with Crippen molar-refractivity contribution in [1.82, 2.24) is 14.3 Å². The molecule has 1 aliphatic rings. The summed E-state index contributed by atoms with van der Waals surface area (Å²) in [5, 5.41) is 0. The van der Waals surface area contributed by atoms with Crippen LogP contribution in [0.25, 0.3) is 0 Å². The summed E-state index contributed by atoms with van der Waals surface area (Å²) in [6, 6.07) is -0.0579. The Balaban J connectivity index is 2.26. The molecule has 1 atom stereocenters. The highest BCUT2D eigenvalue weighted by Crippen LogP contribution is 2.36. The number of nitrogens with one attached hydrogen (secondary N) is 1. The maximum atomic E-state index is 12.8. The first kappa shape index (κ1) is 16.1. The van der Waals surface area contributed by atoms with E-state index in [4.69, 9.17) is 10.6 Å². The monoisotopic (exact) mass is 315 g/mol. The minimum Gasteiger partial charge on any atom is -0.383 e. The molecule has 1 saturated carbocycles. The number of hydrogen-bond donors (Lipinski definition) is 2. The van der Waals surface area contributed by atoms with Gasteiger partial charge in [-0.15, -0.1) is 0 Å². The topological polar surface area (TPSA) is 110 Å². The minimum atomic E-state index is -3.64. The van der Waals surface area contributed by atoms with E-state index >= 15 is 0 Å². The third-order valence-electron chi connectivity index (χ3n) is 3.64. The Hall–Kier alpha value is -1.29. The van der Waals surface area contributed by atoms with Gasteiger partial charge in [0.05, 0.1) is 19.0 Å². The summed E-state index contributed by atoms with van der Waals surface area (Å²) >= 11 is 0. The molecule has 0 spiro atoms. The fourth-order valence-corrected chi connectivity index (χ4v) is 3.76. The molecule has 8 nitrogen and oxygen atoms in total. The lowest BCUT2D eigenvalue weighted by Gasteiger charge is -2.28. The number of nitrogens with two attached hydrogens (primary N) is 1. The van der Waals surface area contributed by atoms with Gasteiger partial charge >= 0.3 is 0 Å². The summed E-state index contributed by atoms with van der Waals surface area (Å²) in [7, 11) is -2.09. The van der Waals surface area contributed by atoms with Crippen molar-refractivity contribution in [2.45, 2.75) is 30.7 Å². The van der Waals surface area contributed by atoms with Crippen LogP contribution in [0.3, 0.4) is 0 Å². The number of anilines is 1. The van der Waals surface area contributed by atoms with Gasteiger partial charge < -0.3 is 4.74 Å². The molecule has 1 aliphatic carbocycles. The van der Waals surface area contributed by atoms with Crippen LogP contribution in [0.2, 0.25) is 0 Å². The molecule has 0 aliphatic heterocycles. The van der Waals surface area contributed by atoms with Crippen molar-refractivity contribution in [3.63, 3.8) is 0 Å². The maximum Gasteiger partial charge on any atom is 0.246 e. The second kappa shape index (κ2) is 6.65. The van der Waals surface area contributed by atoms with E-state index in [1.54, 1.807) is 7.11 Å². The second-order valence-electron chi connectivity index (χ2n) is 5.07. The number of sulfonamides is 1. The largest absolute Gasteiger partial charge is 0.383 e. The normalized spacial score (nSPS) is 17.0. The van der Waals surface area contributed by atoms with Gasteiger partial charge in [0.25, 0.3) is 0 Å². The van der Waals surface area contributed by atoms with E-state index in [0.717, 1.165) is 12.8 Å². The van der Waals surface area contributed by atoms with Crippen LogP contribution in [-0.4, -0.2) is 49.0 Å². The van der Waals surface area contributed by atoms with Crippen LogP contribution in [0, 0.1) is 5.92 Å². The van der Waals surface area contributed by atoms with Crippen molar-refractivity contribution >= 4 is 16.0 Å². The average Bonchev–Trinajstić information content (AvgIpc) is 3.32. The molecule has 9 heteroatoms. The molecule has 3 N–H and O–H groups in total. The number of ether oxygens (including phenoxy) is 1. The Labute approximate surface area is 124 Å². The fourth-order valence-electron chi connectivity index (χ4n) is 2.20. The van der Waals surface area contributed by atoms with Gasteiger partial charge in [-0.05, 0) is 25.7 Å². The van der Waals surface area contributed by atoms with Gasteiger partial charge in [0, 0.05) is 19.7 Å². The van der Waals surface area contributed by atoms with Crippen LogP contribution in [0.15, 0.2) is 17.3 Å². The molecule has 0 saturated heterocycles. The summed E-state index contributed by atoms with van der Waals surface area (Å²) in [4.78, 5) is 7.78. The maximum absolute atomic E-state index is 12.8. The van der Waals surface area contributed by atoms with Crippen molar-refractivity contribution in [3.8, 4) is 0 Å². The smallest absolute Gasteiger partial charge is 0.246 e. The Morgan fingerprint density at radius 2 is 2.10 bits per heavy atom. The molecule has 0 radical (unpaired) electrons. The Morgan fingerprint density at radius 1 is 1.48 bits per heavy atom. The van der Waals surface area contributed by atoms with Crippen LogP contribution in [0.1, 0.15) is 19.8 Å². The summed E-state index contributed by atoms with van der Waals surface area (Å²) in [5.41, 5.74) is 2.27. The number of hydrazine groups is 1. The highest BCUT2D eigenvalue weighted by molar-refractivity contribution is 7.89. The number of rotatable bonds is 8. The van der Waals surface area contributed by atoms with E-state index in [1.807, 2.05) is 6.92 Å². The zero-order chi connectivity index (χ0) is 15.5. The molecule has 21 heavy (non-hydrogen) atoms. The third-order valence-corrected chi connectivity index (χ3v) is 5.58. The van der Waals surface area contributed by atoms with Gasteiger partial charge in [0.1, 0.15) is 4.90 Å². The molecule has 1 aromatic rings. The molecule has 2 rings (SSSR count). The number of aromatic nitrogens is 2. The van der Waals surface area contributed by atoms with Crippen LogP contribution in [0.5, 0.6) is 0 Å². The van der Waals surface area contributed by atoms with Crippen molar-refractivity contribution in [2.75, 3.05) is 25.7 Å². The predicted molar refractivity (Wildman–Crippen MR) is 77.8 cm³/mol. The molecule has 1 heterocycles. The quantitative estimate of drug-likeness (QED) is 0.520. The van der Waals surface area contributed by atoms with E-state index in [2.05, 4.69) is 15.4 Å². The second-order valence-corrected chi connectivity index (χ2v) is 6.96. The summed E-state index contributed by atoms with van der Waals surface area (Å²) in [6.45, 7) is 2.59. The van der Waals surface area contributed by atoms with E-state index in [1.165, 1.54) is 16.7 Å². The molecule has 0 aromatic carbocycles. The standard InChI is InChI=1S/C12H21N5O3S/c1-9(10-3-4-10)17(5-6-20-2)21(18,19)11-7-14-12(16-13)15-8-11/h7-10H,3-6,13H2,1-2H3,(H,14,15,16). The first-order valence-corrected chi connectivity index (χ1v) is 8.24. The lowest BCUT2D eigenvalue weighted by Crippen LogP contribution is -2.42. The van der Waals surface area contributed by atoms with Gasteiger partial charge in [-0.3, -0.25) is 5.43 Å². The number of nitrogens with zero attached hydrogens (tertiary/aromatic N) is 3. The van der Waals surface area contributed by atoms with Crippen LogP contribution < -0.4 is 11.3 Å². The van der Waals surface area contributed by atoms with Gasteiger partial charge in [0.15, 0.2) is 0 Å². The van der Waals surface area contributed by atoms with E-state index < -0.39 is 10.0 Å². The SMILES string of the molecule is COCCN(C(C)C1CC1)S(=O)(=O)c1cnc(NN)nc1. The summed E-state index contributed by atoms with van der Waals surface area (Å²) in [5.74, 6) is 5.77. The lowest BCUT2D eigenvalue weighted by atomic mass is 10.2. The Kier molecular flexibility index (Phi) is 5.09. The van der Waals surface area contributed by atoms with Crippen molar-refractivity contribution in [2.24, 2.45) is 11.8 Å². The molecule has 1 fully saturated rings. The van der Waals surface area contributed by atoms with Crippen molar-refractivity contribution < 1.29 is 13.2 Å². The Bertz CT molecular complexity index is 559. The molecule has 118 valence electrons. The van der Waals surface area contributed by atoms with E-state index in [-0.39, 0.29) is 16.9 Å². The highest BCUT2D eigenvalue weighted by Gasteiger charge is 2.38. The van der Waals surface area contributed by atoms with Gasteiger partial charge in [-0.2, -0.15) is 4.31 Å². The molecule has 1 unspecified atom stereocenters. The van der Waals surface area contributed by atoms with Gasteiger partial charge in [-0.1, -0.05) is 0 Å². The lowest BCUT2D eigenvalue weighted by molar-refractivity contribution is 0.164. The molecule has 1 aromatic heterocycles. The summed E-state index contributed by atoms with van der Waals surface area (Å²) in [6.07, 6.45) is 4.65. The molecular formula is C12H21N5O3S. The van der Waals surface area contributed by atoms with Crippen molar-refractivity contribution in [3.05, 3.63) is 12.4 Å². The van der Waals surface area contributed by atoms with Crippen molar-refractivity contribution in [1.29, 1.82) is 0 Å². The Morgan fingerprint density at radius 3 is 2.57 bits per heavy atom. The molecular weight excluding hydrogens is 294 g/mol. The molecule has 0 bridgehead atoms. The van der Waals surface area contributed by atoms with Crippen LogP contribution >= 0.6 is 0 Å². The highest BCUT2D eigenvalue weighted by atomic mass is 32.2. The zero-order valence-electron chi connectivity index (χ0n) is 12.2. The first-order valence-electron chi connectivity index (χ1n) is 6.80. The van der Waals surface area contributed by atoms with Gasteiger partial charge in [-0.25, -0.2) is 24.2 Å². The summed E-state index contributed by atoms with van der Waals surface area (Å²) < 4.78 is 32.0. The zero-order valence-corrected chi connectivity index (χ0v) is 13.0. The predicted octanol–water partition coefficient (Wildman–Crippen LogP) is 0.198. The third kappa shape index (κ3) is 3.67. The fraction of sp³-hybridized carbons (Fsp3) is 0.667. The van der Waals surface area contributed by atoms with Crippen LogP contribution in [0.4, 0.5) is 5.95 Å². The number of methoxy groups -OCH3 is 1. The van der Waals surface area contributed by atoms with Crippen LogP contribution in [-0.2, 0) is 14.8 Å². The van der Waals surface area contributed by atoms with E-state index in [9.17, 15) is 8.42 Å².